The Morgan fingerprint density at radius 2 is 1.80 bits per heavy atom. The van der Waals surface area contributed by atoms with Gasteiger partial charge < -0.3 is 17.2 Å². The zero-order valence-corrected chi connectivity index (χ0v) is 12.1. The fourth-order valence-corrected chi connectivity index (χ4v) is 1.67. The Labute approximate surface area is 118 Å². The number of amides is 1. The van der Waals surface area contributed by atoms with Gasteiger partial charge in [0.2, 0.25) is 5.91 Å². The summed E-state index contributed by atoms with van der Waals surface area (Å²) in [6.07, 6.45) is 1.34. The van der Waals surface area contributed by atoms with Crippen LogP contribution in [0.25, 0.3) is 0 Å². The van der Waals surface area contributed by atoms with E-state index in [0.717, 1.165) is 12.0 Å². The van der Waals surface area contributed by atoms with E-state index in [9.17, 15) is 13.2 Å². The van der Waals surface area contributed by atoms with Crippen LogP contribution < -0.4 is 17.2 Å². The summed E-state index contributed by atoms with van der Waals surface area (Å²) in [7, 11) is -4.02. The quantitative estimate of drug-likeness (QED) is 0.552. The molecule has 1 atom stereocenters. The molecule has 1 amide bonds. The SMILES string of the molecule is Cc1ccc(S(=O)(=O)O)cc1.NCCCC(N)C(N)=O. The van der Waals surface area contributed by atoms with Gasteiger partial charge in [0.15, 0.2) is 0 Å². The summed E-state index contributed by atoms with van der Waals surface area (Å²) in [6.45, 7) is 2.40. The average molecular weight is 303 g/mol. The van der Waals surface area contributed by atoms with E-state index in [2.05, 4.69) is 0 Å². The molecule has 8 heteroatoms. The monoisotopic (exact) mass is 303 g/mol. The van der Waals surface area contributed by atoms with Gasteiger partial charge in [0.1, 0.15) is 0 Å². The highest BCUT2D eigenvalue weighted by Gasteiger charge is 2.07. The molecule has 20 heavy (non-hydrogen) atoms. The molecular weight excluding hydrogens is 282 g/mol. The van der Waals surface area contributed by atoms with Crippen LogP contribution in [-0.2, 0) is 14.9 Å². The first-order chi connectivity index (χ1) is 9.18. The van der Waals surface area contributed by atoms with Crippen molar-refractivity contribution >= 4 is 16.0 Å². The largest absolute Gasteiger partial charge is 0.368 e. The van der Waals surface area contributed by atoms with Crippen LogP contribution >= 0.6 is 0 Å². The lowest BCUT2D eigenvalue weighted by Crippen LogP contribution is -2.36. The van der Waals surface area contributed by atoms with E-state index < -0.39 is 22.1 Å². The number of primary amides is 1. The summed E-state index contributed by atoms with van der Waals surface area (Å²) >= 11 is 0. The van der Waals surface area contributed by atoms with Crippen molar-refractivity contribution in [3.63, 3.8) is 0 Å². The Balaban J connectivity index is 0.000000370. The Hall–Kier alpha value is -1.48. The predicted octanol–water partition coefficient (Wildman–Crippen LogP) is -0.220. The molecular formula is C12H21N3O4S. The van der Waals surface area contributed by atoms with E-state index in [0.29, 0.717) is 13.0 Å². The summed E-state index contributed by atoms with van der Waals surface area (Å²) in [5.74, 6) is -0.455. The molecule has 1 aromatic carbocycles. The third kappa shape index (κ3) is 7.85. The Bertz CT molecular complexity index is 514. The minimum atomic E-state index is -4.02. The first-order valence-corrected chi connectivity index (χ1v) is 7.41. The van der Waals surface area contributed by atoms with Gasteiger partial charge in [0.05, 0.1) is 10.9 Å². The van der Waals surface area contributed by atoms with Gasteiger partial charge >= 0.3 is 0 Å². The van der Waals surface area contributed by atoms with Crippen molar-refractivity contribution in [3.8, 4) is 0 Å². The molecule has 7 N–H and O–H groups in total. The molecule has 1 rings (SSSR count). The fraction of sp³-hybridized carbons (Fsp3) is 0.417. The Morgan fingerprint density at radius 3 is 2.15 bits per heavy atom. The summed E-state index contributed by atoms with van der Waals surface area (Å²) in [6, 6.07) is 5.47. The molecule has 0 radical (unpaired) electrons. The van der Waals surface area contributed by atoms with Crippen molar-refractivity contribution in [1.82, 2.24) is 0 Å². The third-order valence-corrected chi connectivity index (χ3v) is 3.27. The minimum absolute atomic E-state index is 0.0666. The van der Waals surface area contributed by atoms with Crippen LogP contribution in [0.3, 0.4) is 0 Å². The van der Waals surface area contributed by atoms with Crippen molar-refractivity contribution in [2.75, 3.05) is 6.54 Å². The van der Waals surface area contributed by atoms with Gasteiger partial charge in [0.25, 0.3) is 10.1 Å². The van der Waals surface area contributed by atoms with Gasteiger partial charge in [0, 0.05) is 0 Å². The smallest absolute Gasteiger partial charge is 0.294 e. The van der Waals surface area contributed by atoms with Gasteiger partial charge in [-0.05, 0) is 38.4 Å². The van der Waals surface area contributed by atoms with Crippen molar-refractivity contribution in [1.29, 1.82) is 0 Å². The molecule has 1 unspecified atom stereocenters. The van der Waals surface area contributed by atoms with E-state index in [1.54, 1.807) is 12.1 Å². The first-order valence-electron chi connectivity index (χ1n) is 5.97. The van der Waals surface area contributed by atoms with E-state index >= 15 is 0 Å². The second-order valence-corrected chi connectivity index (χ2v) is 5.65. The number of carbonyl (C=O) groups excluding carboxylic acids is 1. The van der Waals surface area contributed by atoms with E-state index in [1.807, 2.05) is 6.92 Å². The van der Waals surface area contributed by atoms with Crippen LogP contribution in [0.1, 0.15) is 18.4 Å². The highest BCUT2D eigenvalue weighted by molar-refractivity contribution is 7.85. The normalized spacial score (nSPS) is 12.2. The molecule has 0 saturated heterocycles. The topological polar surface area (TPSA) is 150 Å². The highest BCUT2D eigenvalue weighted by atomic mass is 32.2. The van der Waals surface area contributed by atoms with E-state index in [-0.39, 0.29) is 4.90 Å². The molecule has 0 heterocycles. The van der Waals surface area contributed by atoms with Crippen LogP contribution in [0.4, 0.5) is 0 Å². The molecule has 0 aliphatic rings. The molecule has 0 saturated carbocycles. The number of carbonyl (C=O) groups is 1. The maximum Gasteiger partial charge on any atom is 0.294 e. The number of benzene rings is 1. The van der Waals surface area contributed by atoms with Gasteiger partial charge in [-0.15, -0.1) is 0 Å². The fourth-order valence-electron chi connectivity index (χ4n) is 1.19. The van der Waals surface area contributed by atoms with Crippen molar-refractivity contribution in [2.45, 2.75) is 30.7 Å². The third-order valence-electron chi connectivity index (χ3n) is 2.40. The lowest BCUT2D eigenvalue weighted by Gasteiger charge is -2.03. The Morgan fingerprint density at radius 1 is 1.30 bits per heavy atom. The first kappa shape index (κ1) is 18.5. The molecule has 0 aliphatic carbocycles. The predicted molar refractivity (Wildman–Crippen MR) is 76.5 cm³/mol. The summed E-state index contributed by atoms with van der Waals surface area (Å²) in [5.41, 5.74) is 16.3. The van der Waals surface area contributed by atoms with Crippen molar-refractivity contribution < 1.29 is 17.8 Å². The summed E-state index contributed by atoms with van der Waals surface area (Å²) < 4.78 is 29.6. The molecule has 0 aliphatic heterocycles. The number of aryl methyl sites for hydroxylation is 1. The Kier molecular flexibility index (Phi) is 8.00. The van der Waals surface area contributed by atoms with Crippen LogP contribution in [0, 0.1) is 6.92 Å². The molecule has 0 aromatic heterocycles. The minimum Gasteiger partial charge on any atom is -0.368 e. The molecule has 1 aromatic rings. The lowest BCUT2D eigenvalue weighted by atomic mass is 10.1. The van der Waals surface area contributed by atoms with Crippen LogP contribution in [-0.4, -0.2) is 31.5 Å². The van der Waals surface area contributed by atoms with E-state index in [1.165, 1.54) is 12.1 Å². The number of hydrogen-bond donors (Lipinski definition) is 4. The van der Waals surface area contributed by atoms with Crippen molar-refractivity contribution in [2.24, 2.45) is 17.2 Å². The molecule has 7 nitrogen and oxygen atoms in total. The zero-order chi connectivity index (χ0) is 15.8. The zero-order valence-electron chi connectivity index (χ0n) is 11.3. The van der Waals surface area contributed by atoms with Crippen LogP contribution in [0.15, 0.2) is 29.2 Å². The molecule has 0 spiro atoms. The van der Waals surface area contributed by atoms with Gasteiger partial charge in [-0.3, -0.25) is 9.35 Å². The maximum absolute atomic E-state index is 10.5. The second kappa shape index (κ2) is 8.64. The molecule has 114 valence electrons. The molecule has 0 bridgehead atoms. The number of rotatable bonds is 5. The second-order valence-electron chi connectivity index (χ2n) is 4.23. The summed E-state index contributed by atoms with van der Waals surface area (Å²) in [5, 5.41) is 0. The number of hydrogen-bond acceptors (Lipinski definition) is 5. The van der Waals surface area contributed by atoms with Gasteiger partial charge in [-0.2, -0.15) is 8.42 Å². The standard InChI is InChI=1S/C7H8O3S.C5H13N3O/c1-6-2-4-7(5-3-6)11(8,9)10;6-3-1-2-4(7)5(8)9/h2-5H,1H3,(H,8,9,10);4H,1-3,6-7H2,(H2,8,9). The molecule has 0 fully saturated rings. The summed E-state index contributed by atoms with van der Waals surface area (Å²) in [4.78, 5) is 10.2. The maximum atomic E-state index is 10.5. The van der Waals surface area contributed by atoms with Crippen LogP contribution in [0.5, 0.6) is 0 Å². The van der Waals surface area contributed by atoms with E-state index in [4.69, 9.17) is 21.8 Å². The highest BCUT2D eigenvalue weighted by Crippen LogP contribution is 2.08. The van der Waals surface area contributed by atoms with Gasteiger partial charge in [-0.1, -0.05) is 17.7 Å². The number of nitrogens with two attached hydrogens (primary N) is 3. The van der Waals surface area contributed by atoms with Crippen molar-refractivity contribution in [3.05, 3.63) is 29.8 Å². The van der Waals surface area contributed by atoms with Crippen LogP contribution in [0.2, 0.25) is 0 Å². The van der Waals surface area contributed by atoms with Gasteiger partial charge in [-0.25, -0.2) is 0 Å². The average Bonchev–Trinajstić information content (AvgIpc) is 2.36. The lowest BCUT2D eigenvalue weighted by molar-refractivity contribution is -0.119.